The summed E-state index contributed by atoms with van der Waals surface area (Å²) < 4.78 is 24.8. The molecule has 1 saturated carbocycles. The van der Waals surface area contributed by atoms with Crippen molar-refractivity contribution in [2.24, 2.45) is 5.92 Å². The van der Waals surface area contributed by atoms with Crippen LogP contribution in [0, 0.1) is 5.92 Å². The van der Waals surface area contributed by atoms with Crippen LogP contribution in [0.2, 0.25) is 0 Å². The Morgan fingerprint density at radius 1 is 1.33 bits per heavy atom. The quantitative estimate of drug-likeness (QED) is 0.838. The number of fused-ring (bicyclic) bond motifs is 1. The predicted molar refractivity (Wildman–Crippen MR) is 97.2 cm³/mol. The van der Waals surface area contributed by atoms with Gasteiger partial charge in [-0.25, -0.2) is 13.4 Å². The minimum atomic E-state index is -3.29. The van der Waals surface area contributed by atoms with Crippen molar-refractivity contribution in [2.75, 3.05) is 11.1 Å². The molecule has 0 bridgehead atoms. The van der Waals surface area contributed by atoms with Crippen molar-refractivity contribution in [1.29, 1.82) is 0 Å². The zero-order chi connectivity index (χ0) is 17.2. The Kier molecular flexibility index (Phi) is 5.20. The lowest BCUT2D eigenvalue weighted by Crippen LogP contribution is -2.12. The summed E-state index contributed by atoms with van der Waals surface area (Å²) in [4.78, 5) is 16.3. The highest BCUT2D eigenvalue weighted by atomic mass is 32.2. The number of carbonyl (C=O) groups is 1. The number of thiazole rings is 1. The largest absolute Gasteiger partial charge is 0.326 e. The first kappa shape index (κ1) is 17.4. The standard InChI is InChI=1S/C17H22N2O3S2/c1-2-24(21,22)17-19-14-9-8-13(11-15(14)23-17)18-16(20)10-7-12-5-3-4-6-12/h8-9,11-12H,2-7,10H2,1H3,(H,18,20). The third-order valence-electron chi connectivity index (χ3n) is 4.55. The molecule has 1 fully saturated rings. The van der Waals surface area contributed by atoms with Crippen LogP contribution < -0.4 is 5.32 Å². The molecule has 1 aromatic carbocycles. The third kappa shape index (κ3) is 3.95. The second kappa shape index (κ2) is 7.19. The van der Waals surface area contributed by atoms with Crippen LogP contribution >= 0.6 is 11.3 Å². The van der Waals surface area contributed by atoms with Gasteiger partial charge in [-0.1, -0.05) is 32.6 Å². The normalized spacial score (nSPS) is 15.9. The fourth-order valence-electron chi connectivity index (χ4n) is 3.10. The molecule has 1 aromatic heterocycles. The Balaban J connectivity index is 1.67. The highest BCUT2D eigenvalue weighted by Crippen LogP contribution is 2.30. The molecule has 24 heavy (non-hydrogen) atoms. The number of aromatic nitrogens is 1. The van der Waals surface area contributed by atoms with Gasteiger partial charge in [-0.2, -0.15) is 0 Å². The zero-order valence-corrected chi connectivity index (χ0v) is 15.4. The van der Waals surface area contributed by atoms with E-state index in [-0.39, 0.29) is 16.0 Å². The van der Waals surface area contributed by atoms with Crippen molar-refractivity contribution in [2.45, 2.75) is 49.8 Å². The molecule has 2 aromatic rings. The number of nitrogens with one attached hydrogen (secondary N) is 1. The molecule has 5 nitrogen and oxygen atoms in total. The van der Waals surface area contributed by atoms with E-state index < -0.39 is 9.84 Å². The minimum Gasteiger partial charge on any atom is -0.326 e. The minimum absolute atomic E-state index is 0.0205. The number of sulfone groups is 1. The van der Waals surface area contributed by atoms with E-state index in [2.05, 4.69) is 10.3 Å². The monoisotopic (exact) mass is 366 g/mol. The van der Waals surface area contributed by atoms with Crippen LogP contribution in [0.25, 0.3) is 10.2 Å². The Morgan fingerprint density at radius 2 is 2.08 bits per heavy atom. The lowest BCUT2D eigenvalue weighted by atomic mass is 10.0. The predicted octanol–water partition coefficient (Wildman–Crippen LogP) is 4.00. The molecule has 7 heteroatoms. The molecule has 1 N–H and O–H groups in total. The van der Waals surface area contributed by atoms with E-state index in [0.29, 0.717) is 23.5 Å². The number of anilines is 1. The second-order valence-corrected chi connectivity index (χ2v) is 9.79. The molecule has 0 spiro atoms. The van der Waals surface area contributed by atoms with Crippen molar-refractivity contribution in [3.63, 3.8) is 0 Å². The van der Waals surface area contributed by atoms with Crippen LogP contribution in [0.15, 0.2) is 22.5 Å². The van der Waals surface area contributed by atoms with Crippen LogP contribution in [0.4, 0.5) is 5.69 Å². The Labute approximate surface area is 146 Å². The summed E-state index contributed by atoms with van der Waals surface area (Å²) >= 11 is 1.15. The number of rotatable bonds is 6. The molecule has 0 atom stereocenters. The van der Waals surface area contributed by atoms with E-state index in [1.165, 1.54) is 25.7 Å². The average Bonchev–Trinajstić information content (AvgIpc) is 3.22. The van der Waals surface area contributed by atoms with E-state index in [1.54, 1.807) is 25.1 Å². The zero-order valence-electron chi connectivity index (χ0n) is 13.7. The smallest absolute Gasteiger partial charge is 0.224 e. The summed E-state index contributed by atoms with van der Waals surface area (Å²) in [5, 5.41) is 2.91. The highest BCUT2D eigenvalue weighted by molar-refractivity contribution is 7.93. The first-order valence-electron chi connectivity index (χ1n) is 8.41. The summed E-state index contributed by atoms with van der Waals surface area (Å²) in [6, 6.07) is 5.33. The molecule has 0 aliphatic heterocycles. The van der Waals surface area contributed by atoms with Gasteiger partial charge in [-0.3, -0.25) is 4.79 Å². The maximum absolute atomic E-state index is 12.1. The van der Waals surface area contributed by atoms with Gasteiger partial charge in [0.15, 0.2) is 0 Å². The highest BCUT2D eigenvalue weighted by Gasteiger charge is 2.18. The van der Waals surface area contributed by atoms with E-state index in [9.17, 15) is 13.2 Å². The van der Waals surface area contributed by atoms with Gasteiger partial charge in [-0.05, 0) is 30.5 Å². The van der Waals surface area contributed by atoms with Gasteiger partial charge < -0.3 is 5.32 Å². The molecule has 3 rings (SSSR count). The second-order valence-electron chi connectivity index (χ2n) is 6.30. The number of hydrogen-bond acceptors (Lipinski definition) is 5. The maximum atomic E-state index is 12.1. The third-order valence-corrected chi connectivity index (χ3v) is 7.76. The first-order valence-corrected chi connectivity index (χ1v) is 10.9. The molecule has 0 saturated heterocycles. The van der Waals surface area contributed by atoms with Crippen molar-refractivity contribution in [1.82, 2.24) is 4.98 Å². The molecule has 1 aliphatic carbocycles. The Bertz CT molecular complexity index is 837. The fourth-order valence-corrected chi connectivity index (χ4v) is 5.45. The lowest BCUT2D eigenvalue weighted by molar-refractivity contribution is -0.116. The van der Waals surface area contributed by atoms with Gasteiger partial charge in [0.25, 0.3) is 0 Å². The van der Waals surface area contributed by atoms with Gasteiger partial charge in [0.2, 0.25) is 20.1 Å². The summed E-state index contributed by atoms with van der Waals surface area (Å²) in [7, 11) is -3.29. The first-order chi connectivity index (χ1) is 11.5. The van der Waals surface area contributed by atoms with E-state index in [0.717, 1.165) is 22.5 Å². The maximum Gasteiger partial charge on any atom is 0.224 e. The average molecular weight is 367 g/mol. The molecule has 1 amide bonds. The molecule has 1 aliphatic rings. The summed E-state index contributed by atoms with van der Waals surface area (Å²) in [6.45, 7) is 1.61. The van der Waals surface area contributed by atoms with E-state index in [1.807, 2.05) is 0 Å². The lowest BCUT2D eigenvalue weighted by Gasteiger charge is -2.09. The van der Waals surface area contributed by atoms with Crippen LogP contribution in [-0.4, -0.2) is 25.1 Å². The van der Waals surface area contributed by atoms with Crippen LogP contribution in [-0.2, 0) is 14.6 Å². The number of benzene rings is 1. The van der Waals surface area contributed by atoms with Crippen molar-refractivity contribution in [3.8, 4) is 0 Å². The molecule has 1 heterocycles. The summed E-state index contributed by atoms with van der Waals surface area (Å²) in [6.07, 6.45) is 6.56. The van der Waals surface area contributed by atoms with Crippen molar-refractivity contribution in [3.05, 3.63) is 18.2 Å². The van der Waals surface area contributed by atoms with Gasteiger partial charge in [0, 0.05) is 12.1 Å². The topological polar surface area (TPSA) is 76.1 Å². The van der Waals surface area contributed by atoms with Crippen molar-refractivity contribution < 1.29 is 13.2 Å². The Morgan fingerprint density at radius 3 is 2.79 bits per heavy atom. The van der Waals surface area contributed by atoms with Gasteiger partial charge in [0.05, 0.1) is 16.0 Å². The molecular weight excluding hydrogens is 344 g/mol. The van der Waals surface area contributed by atoms with Crippen LogP contribution in [0.5, 0.6) is 0 Å². The van der Waals surface area contributed by atoms with E-state index in [4.69, 9.17) is 0 Å². The molecule has 130 valence electrons. The summed E-state index contributed by atoms with van der Waals surface area (Å²) in [5.41, 5.74) is 1.35. The van der Waals surface area contributed by atoms with Crippen LogP contribution in [0.1, 0.15) is 45.4 Å². The molecule has 0 unspecified atom stereocenters. The fraction of sp³-hybridized carbons (Fsp3) is 0.529. The number of carbonyl (C=O) groups excluding carboxylic acids is 1. The van der Waals surface area contributed by atoms with E-state index >= 15 is 0 Å². The molecular formula is C17H22N2O3S2. The van der Waals surface area contributed by atoms with Gasteiger partial charge in [0.1, 0.15) is 0 Å². The SMILES string of the molecule is CCS(=O)(=O)c1nc2ccc(NC(=O)CCC3CCCC3)cc2s1. The van der Waals surface area contributed by atoms with Crippen LogP contribution in [0.3, 0.4) is 0 Å². The summed E-state index contributed by atoms with van der Waals surface area (Å²) in [5.74, 6) is 0.756. The number of nitrogens with zero attached hydrogens (tertiary/aromatic N) is 1. The van der Waals surface area contributed by atoms with Gasteiger partial charge >= 0.3 is 0 Å². The number of amides is 1. The number of hydrogen-bond donors (Lipinski definition) is 1. The Hall–Kier alpha value is -1.47. The molecule has 0 radical (unpaired) electrons. The van der Waals surface area contributed by atoms with Crippen molar-refractivity contribution >= 4 is 43.0 Å². The van der Waals surface area contributed by atoms with Gasteiger partial charge in [-0.15, -0.1) is 11.3 Å².